The molecule has 172 valence electrons. The fourth-order valence-electron chi connectivity index (χ4n) is 4.97. The van der Waals surface area contributed by atoms with Gasteiger partial charge in [-0.15, -0.1) is 11.3 Å². The minimum atomic E-state index is 0.0668. The van der Waals surface area contributed by atoms with Crippen LogP contribution >= 0.6 is 11.3 Å². The molecule has 3 aliphatic rings. The first-order valence-corrected chi connectivity index (χ1v) is 12.6. The number of rotatable bonds is 7. The minimum absolute atomic E-state index is 0.0668. The lowest BCUT2D eigenvalue weighted by atomic mass is 9.99. The van der Waals surface area contributed by atoms with Crippen LogP contribution in [0.15, 0.2) is 48.2 Å². The van der Waals surface area contributed by atoms with Crippen molar-refractivity contribution in [2.75, 3.05) is 11.9 Å². The van der Waals surface area contributed by atoms with E-state index < -0.39 is 0 Å². The SMILES string of the molecule is NCc1c(NC(=O)C2CC2C2=CC=CCC2)sc2c1CCN(C(=O)CCc1ccccn1)C2. The van der Waals surface area contributed by atoms with Crippen LogP contribution in [0.2, 0.25) is 0 Å². The van der Waals surface area contributed by atoms with E-state index in [1.54, 1.807) is 17.5 Å². The van der Waals surface area contributed by atoms with Crippen molar-refractivity contribution in [3.05, 3.63) is 69.9 Å². The highest BCUT2D eigenvalue weighted by Crippen LogP contribution is 2.47. The maximum Gasteiger partial charge on any atom is 0.228 e. The van der Waals surface area contributed by atoms with E-state index in [9.17, 15) is 9.59 Å². The molecular formula is C26H30N4O2S. The van der Waals surface area contributed by atoms with Crippen molar-refractivity contribution in [2.24, 2.45) is 17.6 Å². The summed E-state index contributed by atoms with van der Waals surface area (Å²) in [6.07, 6.45) is 13.2. The van der Waals surface area contributed by atoms with Crippen LogP contribution in [0.3, 0.4) is 0 Å². The molecule has 0 radical (unpaired) electrons. The van der Waals surface area contributed by atoms with Gasteiger partial charge in [0.15, 0.2) is 0 Å². The van der Waals surface area contributed by atoms with Gasteiger partial charge < -0.3 is 16.0 Å². The van der Waals surface area contributed by atoms with Gasteiger partial charge in [-0.3, -0.25) is 14.6 Å². The Labute approximate surface area is 198 Å². The molecule has 1 saturated carbocycles. The molecule has 0 saturated heterocycles. The zero-order valence-electron chi connectivity index (χ0n) is 18.8. The van der Waals surface area contributed by atoms with Gasteiger partial charge >= 0.3 is 0 Å². The van der Waals surface area contributed by atoms with E-state index in [1.165, 1.54) is 11.1 Å². The van der Waals surface area contributed by atoms with E-state index in [2.05, 4.69) is 28.5 Å². The lowest BCUT2D eigenvalue weighted by Gasteiger charge is -2.27. The molecule has 0 spiro atoms. The monoisotopic (exact) mass is 462 g/mol. The Morgan fingerprint density at radius 3 is 2.94 bits per heavy atom. The molecule has 1 aliphatic heterocycles. The number of anilines is 1. The Balaban J connectivity index is 1.22. The minimum Gasteiger partial charge on any atom is -0.337 e. The number of hydrogen-bond acceptors (Lipinski definition) is 5. The zero-order chi connectivity index (χ0) is 22.8. The molecule has 2 aliphatic carbocycles. The second-order valence-corrected chi connectivity index (χ2v) is 10.2. The number of hydrogen-bond donors (Lipinski definition) is 2. The van der Waals surface area contributed by atoms with Gasteiger partial charge in [-0.2, -0.15) is 0 Å². The number of nitrogens with zero attached hydrogens (tertiary/aromatic N) is 2. The lowest BCUT2D eigenvalue weighted by Crippen LogP contribution is -2.35. The second-order valence-electron chi connectivity index (χ2n) is 9.05. The van der Waals surface area contributed by atoms with Gasteiger partial charge in [0, 0.05) is 47.8 Å². The number of pyridine rings is 1. The normalized spacial score (nSPS) is 21.4. The highest BCUT2D eigenvalue weighted by molar-refractivity contribution is 7.16. The Bertz CT molecular complexity index is 1100. The summed E-state index contributed by atoms with van der Waals surface area (Å²) in [6, 6.07) is 5.78. The molecule has 33 heavy (non-hydrogen) atoms. The molecule has 3 heterocycles. The first-order chi connectivity index (χ1) is 16.1. The van der Waals surface area contributed by atoms with Gasteiger partial charge in [-0.05, 0) is 55.7 Å². The van der Waals surface area contributed by atoms with Crippen molar-refractivity contribution in [3.63, 3.8) is 0 Å². The van der Waals surface area contributed by atoms with Crippen LogP contribution in [0.1, 0.15) is 47.4 Å². The summed E-state index contributed by atoms with van der Waals surface area (Å²) < 4.78 is 0. The smallest absolute Gasteiger partial charge is 0.228 e. The van der Waals surface area contributed by atoms with Crippen LogP contribution in [-0.4, -0.2) is 28.2 Å². The van der Waals surface area contributed by atoms with E-state index in [4.69, 9.17) is 5.73 Å². The molecule has 2 aromatic heterocycles. The Kier molecular flexibility index (Phi) is 6.42. The highest BCUT2D eigenvalue weighted by atomic mass is 32.1. The third kappa shape index (κ3) is 4.80. The summed E-state index contributed by atoms with van der Waals surface area (Å²) in [4.78, 5) is 33.1. The average molecular weight is 463 g/mol. The van der Waals surface area contributed by atoms with Crippen LogP contribution < -0.4 is 11.1 Å². The topological polar surface area (TPSA) is 88.3 Å². The number of fused-ring (bicyclic) bond motifs is 1. The summed E-state index contributed by atoms with van der Waals surface area (Å²) in [5.41, 5.74) is 10.7. The Hall–Kier alpha value is -2.77. The van der Waals surface area contributed by atoms with E-state index in [1.807, 2.05) is 23.1 Å². The molecule has 2 amide bonds. The van der Waals surface area contributed by atoms with Gasteiger partial charge in [-0.1, -0.05) is 29.9 Å². The molecule has 1 fully saturated rings. The highest BCUT2D eigenvalue weighted by Gasteiger charge is 2.45. The molecule has 2 aromatic rings. The number of aryl methyl sites for hydroxylation is 1. The van der Waals surface area contributed by atoms with Crippen LogP contribution in [0.5, 0.6) is 0 Å². The van der Waals surface area contributed by atoms with Gasteiger partial charge in [0.25, 0.3) is 0 Å². The van der Waals surface area contributed by atoms with Crippen molar-refractivity contribution in [2.45, 2.75) is 51.6 Å². The predicted molar refractivity (Wildman–Crippen MR) is 131 cm³/mol. The third-order valence-electron chi connectivity index (χ3n) is 6.93. The van der Waals surface area contributed by atoms with Gasteiger partial charge in [-0.25, -0.2) is 0 Å². The quantitative estimate of drug-likeness (QED) is 0.652. The number of nitrogens with one attached hydrogen (secondary N) is 1. The van der Waals surface area contributed by atoms with Crippen molar-refractivity contribution in [1.82, 2.24) is 9.88 Å². The third-order valence-corrected chi connectivity index (χ3v) is 8.11. The van der Waals surface area contributed by atoms with E-state index in [0.29, 0.717) is 38.4 Å². The molecule has 0 aromatic carbocycles. The van der Waals surface area contributed by atoms with Crippen molar-refractivity contribution in [3.8, 4) is 0 Å². The zero-order valence-corrected chi connectivity index (χ0v) is 19.6. The van der Waals surface area contributed by atoms with Crippen molar-refractivity contribution < 1.29 is 9.59 Å². The maximum absolute atomic E-state index is 12.9. The molecule has 6 nitrogen and oxygen atoms in total. The fraction of sp³-hybridized carbons (Fsp3) is 0.423. The van der Waals surface area contributed by atoms with E-state index in [-0.39, 0.29) is 17.7 Å². The van der Waals surface area contributed by atoms with Crippen LogP contribution in [0, 0.1) is 11.8 Å². The molecular weight excluding hydrogens is 432 g/mol. The summed E-state index contributed by atoms with van der Waals surface area (Å²) in [5.74, 6) is 0.706. The number of allylic oxidation sites excluding steroid dienone is 4. The Morgan fingerprint density at radius 2 is 2.18 bits per heavy atom. The summed E-state index contributed by atoms with van der Waals surface area (Å²) in [6.45, 7) is 1.69. The number of thiophene rings is 1. The summed E-state index contributed by atoms with van der Waals surface area (Å²) in [5, 5.41) is 4.06. The molecule has 0 bridgehead atoms. The molecule has 5 rings (SSSR count). The number of aromatic nitrogens is 1. The Morgan fingerprint density at radius 1 is 1.27 bits per heavy atom. The number of nitrogens with two attached hydrogens (primary N) is 1. The number of carbonyl (C=O) groups excluding carboxylic acids is 2. The van der Waals surface area contributed by atoms with Gasteiger partial charge in [0.1, 0.15) is 5.00 Å². The molecule has 2 atom stereocenters. The molecule has 2 unspecified atom stereocenters. The summed E-state index contributed by atoms with van der Waals surface area (Å²) in [7, 11) is 0. The van der Waals surface area contributed by atoms with E-state index >= 15 is 0 Å². The lowest BCUT2D eigenvalue weighted by molar-refractivity contribution is -0.132. The van der Waals surface area contributed by atoms with Crippen molar-refractivity contribution >= 4 is 28.2 Å². The van der Waals surface area contributed by atoms with Crippen LogP contribution in [0.4, 0.5) is 5.00 Å². The first-order valence-electron chi connectivity index (χ1n) is 11.8. The fourth-order valence-corrected chi connectivity index (χ4v) is 6.26. The van der Waals surface area contributed by atoms with Gasteiger partial charge in [0.05, 0.1) is 6.54 Å². The van der Waals surface area contributed by atoms with Crippen LogP contribution in [-0.2, 0) is 35.5 Å². The first kappa shape index (κ1) is 22.0. The number of amides is 2. The largest absolute Gasteiger partial charge is 0.337 e. The molecule has 7 heteroatoms. The maximum atomic E-state index is 12.9. The standard InChI is InChI=1S/C26H30N4O2S/c27-15-22-19-11-13-30(24(31)10-9-18-8-4-5-12-28-18)16-23(19)33-26(22)29-25(32)21-14-20(21)17-6-2-1-3-7-17/h1-2,4-6,8,12,20-21H,3,7,9-11,13-16,27H2,(H,29,32). The second kappa shape index (κ2) is 9.61. The predicted octanol–water partition coefficient (Wildman–Crippen LogP) is 3.97. The van der Waals surface area contributed by atoms with Crippen LogP contribution in [0.25, 0.3) is 0 Å². The summed E-state index contributed by atoms with van der Waals surface area (Å²) >= 11 is 1.59. The number of carbonyl (C=O) groups is 2. The molecule has 3 N–H and O–H groups in total. The average Bonchev–Trinajstić information content (AvgIpc) is 3.59. The van der Waals surface area contributed by atoms with E-state index in [0.717, 1.165) is 46.8 Å². The van der Waals surface area contributed by atoms with Gasteiger partial charge in [0.2, 0.25) is 11.8 Å². The van der Waals surface area contributed by atoms with Crippen molar-refractivity contribution in [1.29, 1.82) is 0 Å².